The van der Waals surface area contributed by atoms with Crippen molar-refractivity contribution in [2.24, 2.45) is 0 Å². The fourth-order valence-corrected chi connectivity index (χ4v) is 4.67. The Morgan fingerprint density at radius 2 is 2.17 bits per heavy atom. The van der Waals surface area contributed by atoms with Crippen LogP contribution in [0.25, 0.3) is 0 Å². The van der Waals surface area contributed by atoms with E-state index >= 15 is 0 Å². The molecule has 62 valence electrons. The number of carbonyl (C=O) groups is 1. The zero-order valence-electron chi connectivity index (χ0n) is 6.91. The number of benzene rings is 1. The van der Waals surface area contributed by atoms with E-state index in [1.54, 1.807) is 0 Å². The Balaban J connectivity index is 2.47. The van der Waals surface area contributed by atoms with E-state index < -0.39 is 0 Å². The Morgan fingerprint density at radius 1 is 1.42 bits per heavy atom. The van der Waals surface area contributed by atoms with E-state index in [2.05, 4.69) is 13.0 Å². The number of ketones is 1. The van der Waals surface area contributed by atoms with Crippen LogP contribution in [0.4, 0.5) is 0 Å². The molecule has 2 heteroatoms. The third kappa shape index (κ3) is 1.42. The summed E-state index contributed by atoms with van der Waals surface area (Å²) < 4.78 is 2.00. The minimum absolute atomic E-state index is 0.0928. The molecule has 0 amide bonds. The SMILES string of the molecule is CC1CC(=O)c2ccccc2[Te]1. The molecular formula is C10H10OTe. The summed E-state index contributed by atoms with van der Waals surface area (Å²) >= 11 is -0.0928. The molecule has 0 N–H and O–H groups in total. The van der Waals surface area contributed by atoms with Crippen molar-refractivity contribution in [3.8, 4) is 0 Å². The molecule has 1 aromatic rings. The monoisotopic (exact) mass is 276 g/mol. The maximum absolute atomic E-state index is 11.5. The summed E-state index contributed by atoms with van der Waals surface area (Å²) in [5.41, 5.74) is 0.998. The van der Waals surface area contributed by atoms with Crippen molar-refractivity contribution in [2.75, 3.05) is 0 Å². The molecule has 1 aromatic carbocycles. The Kier molecular flexibility index (Phi) is 2.21. The van der Waals surface area contributed by atoms with Crippen LogP contribution in [0.3, 0.4) is 0 Å². The van der Waals surface area contributed by atoms with Gasteiger partial charge in [-0.15, -0.1) is 0 Å². The van der Waals surface area contributed by atoms with Crippen molar-refractivity contribution in [1.29, 1.82) is 0 Å². The molecule has 0 bridgehead atoms. The van der Waals surface area contributed by atoms with Gasteiger partial charge in [-0.2, -0.15) is 0 Å². The van der Waals surface area contributed by atoms with Gasteiger partial charge in [0.15, 0.2) is 0 Å². The Labute approximate surface area is 82.2 Å². The van der Waals surface area contributed by atoms with E-state index in [1.807, 2.05) is 18.2 Å². The van der Waals surface area contributed by atoms with Crippen LogP contribution < -0.4 is 3.61 Å². The van der Waals surface area contributed by atoms with Gasteiger partial charge in [-0.3, -0.25) is 0 Å². The van der Waals surface area contributed by atoms with Crippen LogP contribution in [0.2, 0.25) is 3.97 Å². The first-order chi connectivity index (χ1) is 5.77. The molecule has 12 heavy (non-hydrogen) atoms. The Hall–Kier alpha value is -0.320. The number of Topliss-reactive ketones (excluding diaryl/α,β-unsaturated/α-hetero) is 1. The number of hydrogen-bond acceptors (Lipinski definition) is 1. The molecule has 2 rings (SSSR count). The molecule has 0 radical (unpaired) electrons. The molecule has 0 saturated heterocycles. The molecule has 0 aromatic heterocycles. The average Bonchev–Trinajstić information content (AvgIpc) is 2.04. The average molecular weight is 274 g/mol. The third-order valence-corrected chi connectivity index (χ3v) is 5.35. The number of carbonyl (C=O) groups excluding carboxylic acids is 1. The predicted octanol–water partition coefficient (Wildman–Crippen LogP) is 1.41. The van der Waals surface area contributed by atoms with Gasteiger partial charge < -0.3 is 0 Å². The van der Waals surface area contributed by atoms with Gasteiger partial charge in [-0.05, 0) is 0 Å². The number of hydrogen-bond donors (Lipinski definition) is 0. The fourth-order valence-electron chi connectivity index (χ4n) is 1.43. The van der Waals surface area contributed by atoms with Crippen LogP contribution in [0.5, 0.6) is 0 Å². The van der Waals surface area contributed by atoms with Gasteiger partial charge in [0.1, 0.15) is 0 Å². The number of fused-ring (bicyclic) bond motifs is 1. The van der Waals surface area contributed by atoms with Crippen LogP contribution in [-0.2, 0) is 0 Å². The summed E-state index contributed by atoms with van der Waals surface area (Å²) in [7, 11) is 0. The van der Waals surface area contributed by atoms with Gasteiger partial charge in [0, 0.05) is 0 Å². The van der Waals surface area contributed by atoms with Crippen LogP contribution in [0.1, 0.15) is 23.7 Å². The number of rotatable bonds is 0. The predicted molar refractivity (Wildman–Crippen MR) is 50.2 cm³/mol. The summed E-state index contributed by atoms with van der Waals surface area (Å²) in [6.07, 6.45) is 0.777. The van der Waals surface area contributed by atoms with E-state index in [9.17, 15) is 4.79 Å². The van der Waals surface area contributed by atoms with E-state index in [4.69, 9.17) is 0 Å². The third-order valence-electron chi connectivity index (χ3n) is 1.99. The summed E-state index contributed by atoms with van der Waals surface area (Å²) in [6, 6.07) is 8.08. The molecule has 0 fully saturated rings. The maximum atomic E-state index is 11.5. The van der Waals surface area contributed by atoms with E-state index in [1.165, 1.54) is 3.61 Å². The second-order valence-corrected chi connectivity index (χ2v) is 7.28. The van der Waals surface area contributed by atoms with Crippen molar-refractivity contribution in [2.45, 2.75) is 17.3 Å². The molecule has 1 aliphatic heterocycles. The molecule has 1 nitrogen and oxygen atoms in total. The molecule has 1 aliphatic rings. The van der Waals surface area contributed by atoms with Crippen LogP contribution in [0, 0.1) is 0 Å². The van der Waals surface area contributed by atoms with Crippen LogP contribution in [-0.4, -0.2) is 26.7 Å². The van der Waals surface area contributed by atoms with Crippen molar-refractivity contribution >= 4 is 30.3 Å². The van der Waals surface area contributed by atoms with E-state index in [0.29, 0.717) is 9.75 Å². The second-order valence-electron chi connectivity index (χ2n) is 3.05. The Bertz CT molecular complexity index is 319. The van der Waals surface area contributed by atoms with E-state index in [0.717, 1.165) is 12.0 Å². The fraction of sp³-hybridized carbons (Fsp3) is 0.300. The summed E-state index contributed by atoms with van der Waals surface area (Å²) in [4.78, 5) is 11.5. The quantitative estimate of drug-likeness (QED) is 0.654. The zero-order chi connectivity index (χ0) is 8.55. The zero-order valence-corrected chi connectivity index (χ0v) is 9.24. The van der Waals surface area contributed by atoms with Gasteiger partial charge in [0.05, 0.1) is 0 Å². The molecule has 1 heterocycles. The van der Waals surface area contributed by atoms with Crippen molar-refractivity contribution in [1.82, 2.24) is 0 Å². The first kappa shape index (κ1) is 8.29. The first-order valence-corrected chi connectivity index (χ1v) is 6.57. The first-order valence-electron chi connectivity index (χ1n) is 4.06. The summed E-state index contributed by atoms with van der Waals surface area (Å²) in [6.45, 7) is 2.19. The van der Waals surface area contributed by atoms with Crippen molar-refractivity contribution < 1.29 is 4.79 Å². The van der Waals surface area contributed by atoms with Gasteiger partial charge in [-0.25, -0.2) is 0 Å². The summed E-state index contributed by atoms with van der Waals surface area (Å²) in [5, 5.41) is 0. The van der Waals surface area contributed by atoms with Crippen molar-refractivity contribution in [3.63, 3.8) is 0 Å². The molecule has 0 spiro atoms. The topological polar surface area (TPSA) is 17.1 Å². The van der Waals surface area contributed by atoms with Gasteiger partial charge in [-0.1, -0.05) is 0 Å². The molecule has 0 aliphatic carbocycles. The summed E-state index contributed by atoms with van der Waals surface area (Å²) in [5.74, 6) is 0.342. The standard InChI is InChI=1S/C10H10OTe/c1-7-6-9(11)8-4-2-3-5-10(8)12-7/h2-5,7H,6H2,1H3. The normalized spacial score (nSPS) is 22.1. The second kappa shape index (κ2) is 3.20. The van der Waals surface area contributed by atoms with Gasteiger partial charge in [0.25, 0.3) is 0 Å². The molecule has 0 saturated carbocycles. The van der Waals surface area contributed by atoms with E-state index in [-0.39, 0.29) is 20.9 Å². The van der Waals surface area contributed by atoms with Gasteiger partial charge in [0.2, 0.25) is 0 Å². The molecular weight excluding hydrogens is 264 g/mol. The molecule has 1 unspecified atom stereocenters. The van der Waals surface area contributed by atoms with Crippen molar-refractivity contribution in [3.05, 3.63) is 29.8 Å². The van der Waals surface area contributed by atoms with Crippen LogP contribution >= 0.6 is 0 Å². The van der Waals surface area contributed by atoms with Gasteiger partial charge >= 0.3 is 82.3 Å². The molecule has 1 atom stereocenters. The Morgan fingerprint density at radius 3 is 3.00 bits per heavy atom. The van der Waals surface area contributed by atoms with Crippen LogP contribution in [0.15, 0.2) is 24.3 Å². The minimum atomic E-state index is -0.0928.